The molecule has 4 aromatic carbocycles. The van der Waals surface area contributed by atoms with Crippen molar-refractivity contribution in [3.63, 3.8) is 0 Å². The van der Waals surface area contributed by atoms with E-state index in [2.05, 4.69) is 153 Å². The Balaban J connectivity index is 2.02. The smallest absolute Gasteiger partial charge is 0.321 e. The minimum absolute atomic E-state index is 0.0865. The van der Waals surface area contributed by atoms with Crippen LogP contribution < -0.4 is 10.6 Å². The zero-order chi connectivity index (χ0) is 40.7. The predicted octanol–water partition coefficient (Wildman–Crippen LogP) is 10.4. The minimum Gasteiger partial charge on any atom is -0.321 e. The molecule has 5 rings (SSSR count). The van der Waals surface area contributed by atoms with Crippen LogP contribution in [0.4, 0.5) is 0 Å². The van der Waals surface area contributed by atoms with Crippen molar-refractivity contribution in [2.24, 2.45) is 0 Å². The molecule has 8 bridgehead atoms. The molecule has 0 amide bonds. The molecule has 54 heavy (non-hydrogen) atoms. The summed E-state index contributed by atoms with van der Waals surface area (Å²) >= 11 is 4.66. The third-order valence-electron chi connectivity index (χ3n) is 10.6. The first-order valence-electron chi connectivity index (χ1n) is 18.4. The number of fused-ring (bicyclic) bond motifs is 8. The molecular formula is C44H56I2O6P2. The summed E-state index contributed by atoms with van der Waals surface area (Å²) < 4.78 is 29.3. The van der Waals surface area contributed by atoms with Gasteiger partial charge in [0.2, 0.25) is 0 Å². The molecule has 0 fully saturated rings. The highest BCUT2D eigenvalue weighted by Gasteiger charge is 2.33. The van der Waals surface area contributed by atoms with E-state index in [0.29, 0.717) is 22.3 Å². The van der Waals surface area contributed by atoms with Crippen LogP contribution in [0.25, 0.3) is 0 Å². The summed E-state index contributed by atoms with van der Waals surface area (Å²) in [7, 11) is -9.54. The van der Waals surface area contributed by atoms with E-state index in [0.717, 1.165) is 51.6 Å². The first kappa shape index (κ1) is 43.8. The molecule has 0 aromatic heterocycles. The molecule has 1 aliphatic rings. The summed E-state index contributed by atoms with van der Waals surface area (Å²) in [5.41, 5.74) is 9.08. The van der Waals surface area contributed by atoms with Crippen LogP contribution in [0.2, 0.25) is 0 Å². The van der Waals surface area contributed by atoms with E-state index in [4.69, 9.17) is 0 Å². The van der Waals surface area contributed by atoms with Crippen molar-refractivity contribution in [1.29, 1.82) is 0 Å². The molecule has 0 atom stereocenters. The molecule has 0 saturated heterocycles. The van der Waals surface area contributed by atoms with Crippen molar-refractivity contribution in [2.75, 3.05) is 0 Å². The topological polar surface area (TPSA) is 115 Å². The van der Waals surface area contributed by atoms with E-state index in [-0.39, 0.29) is 58.0 Å². The van der Waals surface area contributed by atoms with Crippen molar-refractivity contribution in [1.82, 2.24) is 0 Å². The third kappa shape index (κ3) is 9.49. The van der Waals surface area contributed by atoms with E-state index in [1.54, 1.807) is 0 Å². The maximum absolute atomic E-state index is 13.7. The van der Waals surface area contributed by atoms with Crippen molar-refractivity contribution in [2.45, 2.75) is 130 Å². The van der Waals surface area contributed by atoms with Gasteiger partial charge in [-0.25, -0.2) is 0 Å². The summed E-state index contributed by atoms with van der Waals surface area (Å²) in [6.45, 7) is 25.6. The lowest BCUT2D eigenvalue weighted by atomic mass is 9.80. The predicted molar refractivity (Wildman–Crippen MR) is 241 cm³/mol. The van der Waals surface area contributed by atoms with Crippen LogP contribution in [0, 0.1) is 7.14 Å². The zero-order valence-corrected chi connectivity index (χ0v) is 39.8. The molecular weight excluding hydrogens is 940 g/mol. The molecule has 10 heteroatoms. The molecule has 0 heterocycles. The molecule has 292 valence electrons. The Hall–Kier alpha value is -1.36. The normalized spacial score (nSPS) is 14.7. The number of hydrogen-bond acceptors (Lipinski definition) is 2. The van der Waals surface area contributed by atoms with Crippen LogP contribution in [-0.2, 0) is 56.5 Å². The Morgan fingerprint density at radius 1 is 0.389 bits per heavy atom. The van der Waals surface area contributed by atoms with Gasteiger partial charge in [0.15, 0.2) is 0 Å². The third-order valence-corrected chi connectivity index (χ3v) is 15.6. The highest BCUT2D eigenvalue weighted by Crippen LogP contribution is 2.44. The van der Waals surface area contributed by atoms with Crippen LogP contribution >= 0.6 is 60.4 Å². The highest BCUT2D eigenvalue weighted by atomic mass is 127. The average molecular weight is 997 g/mol. The van der Waals surface area contributed by atoms with Gasteiger partial charge in [0, 0.05) is 7.14 Å². The molecule has 6 nitrogen and oxygen atoms in total. The fraction of sp³-hybridized carbons (Fsp3) is 0.455. The Labute approximate surface area is 350 Å². The van der Waals surface area contributed by atoms with E-state index >= 15 is 0 Å². The Kier molecular flexibility index (Phi) is 12.0. The van der Waals surface area contributed by atoms with Crippen molar-refractivity contribution in [3.05, 3.63) is 122 Å². The number of halogens is 2. The summed E-state index contributed by atoms with van der Waals surface area (Å²) in [5, 5.41) is 0.173. The minimum atomic E-state index is -4.77. The van der Waals surface area contributed by atoms with Gasteiger partial charge in [0.05, 0.1) is 10.6 Å². The summed E-state index contributed by atoms with van der Waals surface area (Å²) in [6.07, 6.45) is 1.15. The van der Waals surface area contributed by atoms with Crippen molar-refractivity contribution in [3.8, 4) is 0 Å². The maximum atomic E-state index is 13.7. The lowest BCUT2D eigenvalue weighted by Gasteiger charge is -2.28. The summed E-state index contributed by atoms with van der Waals surface area (Å²) in [5.74, 6) is 0. The van der Waals surface area contributed by atoms with Crippen molar-refractivity contribution < 1.29 is 28.7 Å². The second-order valence-electron chi connectivity index (χ2n) is 19.3. The molecule has 1 aliphatic carbocycles. The van der Waals surface area contributed by atoms with Gasteiger partial charge in [0.1, 0.15) is 0 Å². The van der Waals surface area contributed by atoms with Gasteiger partial charge in [-0.1, -0.05) is 132 Å². The van der Waals surface area contributed by atoms with Crippen LogP contribution in [-0.4, -0.2) is 19.6 Å². The van der Waals surface area contributed by atoms with Gasteiger partial charge in [0.25, 0.3) is 0 Å². The Morgan fingerprint density at radius 3 is 0.704 bits per heavy atom. The quantitative estimate of drug-likeness (QED) is 0.103. The van der Waals surface area contributed by atoms with Gasteiger partial charge in [-0.15, -0.1) is 0 Å². The Morgan fingerprint density at radius 2 is 0.556 bits per heavy atom. The summed E-state index contributed by atoms with van der Waals surface area (Å²) in [6, 6.07) is 16.5. The highest BCUT2D eigenvalue weighted by molar-refractivity contribution is 14.1. The van der Waals surface area contributed by atoms with E-state index in [9.17, 15) is 28.7 Å². The van der Waals surface area contributed by atoms with E-state index in [1.807, 2.05) is 24.3 Å². The average Bonchev–Trinajstić information content (AvgIpc) is 2.97. The van der Waals surface area contributed by atoms with Crippen LogP contribution in [0.1, 0.15) is 150 Å². The van der Waals surface area contributed by atoms with Gasteiger partial charge >= 0.3 is 15.2 Å². The number of rotatable bonds is 2. The van der Waals surface area contributed by atoms with Gasteiger partial charge in [-0.05, 0) is 159 Å². The van der Waals surface area contributed by atoms with E-state index in [1.165, 1.54) is 0 Å². The SMILES string of the molecule is CC(C)(C)c1cc2c(I)c(c1)Cc1cc(C(C)(C)C)cc(c1P(=O)(O)O)Cc1cc(C(C)(C)C)cc(c1I)Cc1cc(C(C)(C)C)cc(c1P(=O)(O)O)C2. The summed E-state index contributed by atoms with van der Waals surface area (Å²) in [4.78, 5) is 44.7. The standard InChI is InChI=1S/C44H56I2O6P2/c1-41(2,3)33-17-25-13-29-21-35(43(7,8)9)23-31(39(29)53(47,48)49)15-27-19-34(42(4,5)6)20-28(38(27)46)16-32-24-36(44(10,11)12)22-30(40(32)54(50,51)52)14-26(18-33)37(25)45/h17-24H,13-16H2,1-12H3,(H2,47,48,49)(H2,50,51,52). The largest absolute Gasteiger partial charge is 0.356 e. The molecule has 4 N–H and O–H groups in total. The zero-order valence-electron chi connectivity index (χ0n) is 33.7. The van der Waals surface area contributed by atoms with Crippen LogP contribution in [0.5, 0.6) is 0 Å². The second kappa shape index (κ2) is 14.8. The maximum Gasteiger partial charge on any atom is 0.356 e. The Bertz CT molecular complexity index is 1980. The van der Waals surface area contributed by atoms with Crippen LogP contribution in [0.15, 0.2) is 48.5 Å². The first-order valence-corrected chi connectivity index (χ1v) is 23.8. The van der Waals surface area contributed by atoms with E-state index < -0.39 is 15.2 Å². The molecule has 0 spiro atoms. The van der Waals surface area contributed by atoms with Gasteiger partial charge in [-0.2, -0.15) is 0 Å². The van der Waals surface area contributed by atoms with Crippen molar-refractivity contribution >= 4 is 71.0 Å². The molecule has 0 radical (unpaired) electrons. The first-order chi connectivity index (χ1) is 24.4. The monoisotopic (exact) mass is 996 g/mol. The lowest BCUT2D eigenvalue weighted by Crippen LogP contribution is -2.24. The molecule has 0 saturated carbocycles. The van der Waals surface area contributed by atoms with Gasteiger partial charge < -0.3 is 19.6 Å². The number of hydrogen-bond donors (Lipinski definition) is 4. The van der Waals surface area contributed by atoms with Gasteiger partial charge in [-0.3, -0.25) is 9.13 Å². The number of benzene rings is 4. The lowest BCUT2D eigenvalue weighted by molar-refractivity contribution is 0.384. The fourth-order valence-corrected chi connectivity index (χ4v) is 10.8. The fourth-order valence-electron chi connectivity index (χ4n) is 7.37. The molecule has 0 unspecified atom stereocenters. The van der Waals surface area contributed by atoms with Crippen LogP contribution in [0.3, 0.4) is 0 Å². The molecule has 0 aliphatic heterocycles. The second-order valence-corrected chi connectivity index (χ2v) is 24.5. The molecule has 4 aromatic rings.